The first-order valence-electron chi connectivity index (χ1n) is 4.89. The molecule has 0 unspecified atom stereocenters. The fourth-order valence-electron chi connectivity index (χ4n) is 1.55. The fourth-order valence-corrected chi connectivity index (χ4v) is 1.55. The highest BCUT2D eigenvalue weighted by molar-refractivity contribution is 5.39. The number of nitrogens with two attached hydrogens (primary N) is 1. The first-order chi connectivity index (χ1) is 7.20. The Balaban J connectivity index is 2.55. The average Bonchev–Trinajstić information content (AvgIpc) is 2.67. The van der Waals surface area contributed by atoms with Gasteiger partial charge in [-0.15, -0.1) is 0 Å². The van der Waals surface area contributed by atoms with Crippen LogP contribution in [0.15, 0.2) is 31.0 Å². The van der Waals surface area contributed by atoms with Gasteiger partial charge in [0.25, 0.3) is 0 Å². The first kappa shape index (κ1) is 9.86. The van der Waals surface area contributed by atoms with Crippen molar-refractivity contribution in [3.05, 3.63) is 42.2 Å². The predicted molar refractivity (Wildman–Crippen MR) is 58.7 cm³/mol. The van der Waals surface area contributed by atoms with Crippen molar-refractivity contribution in [3.8, 4) is 5.69 Å². The molecule has 0 radical (unpaired) electrons. The van der Waals surface area contributed by atoms with E-state index in [2.05, 4.69) is 9.97 Å². The topological polar surface area (TPSA) is 56.7 Å². The third-order valence-electron chi connectivity index (χ3n) is 2.40. The van der Waals surface area contributed by atoms with Crippen molar-refractivity contribution in [1.29, 1.82) is 0 Å². The van der Waals surface area contributed by atoms with E-state index in [4.69, 9.17) is 5.73 Å². The number of hydrogen-bond donors (Lipinski definition) is 1. The first-order valence-corrected chi connectivity index (χ1v) is 4.89. The molecule has 15 heavy (non-hydrogen) atoms. The minimum absolute atomic E-state index is 0.0351. The summed E-state index contributed by atoms with van der Waals surface area (Å²) in [6.07, 6.45) is 7.16. The Morgan fingerprint density at radius 2 is 2.13 bits per heavy atom. The molecule has 2 N–H and O–H groups in total. The van der Waals surface area contributed by atoms with E-state index in [-0.39, 0.29) is 6.04 Å². The molecular weight excluding hydrogens is 188 g/mol. The van der Waals surface area contributed by atoms with Crippen LogP contribution in [0.1, 0.15) is 24.2 Å². The lowest BCUT2D eigenvalue weighted by atomic mass is 10.2. The van der Waals surface area contributed by atoms with Gasteiger partial charge >= 0.3 is 0 Å². The smallest absolute Gasteiger partial charge is 0.0995 e. The van der Waals surface area contributed by atoms with Gasteiger partial charge in [0.1, 0.15) is 0 Å². The lowest BCUT2D eigenvalue weighted by Crippen LogP contribution is -2.11. The second kappa shape index (κ2) is 3.82. The van der Waals surface area contributed by atoms with Crippen LogP contribution in [0.3, 0.4) is 0 Å². The number of aromatic nitrogens is 3. The highest BCUT2D eigenvalue weighted by atomic mass is 15.1. The molecule has 0 aliphatic rings. The quantitative estimate of drug-likeness (QED) is 0.804. The van der Waals surface area contributed by atoms with Crippen LogP contribution in [0.25, 0.3) is 5.69 Å². The molecule has 0 saturated heterocycles. The highest BCUT2D eigenvalue weighted by Crippen LogP contribution is 2.17. The van der Waals surface area contributed by atoms with E-state index in [1.807, 2.05) is 30.7 Å². The van der Waals surface area contributed by atoms with Crippen LogP contribution in [0.5, 0.6) is 0 Å². The van der Waals surface area contributed by atoms with E-state index >= 15 is 0 Å². The lowest BCUT2D eigenvalue weighted by molar-refractivity contribution is 0.750. The Labute approximate surface area is 88.8 Å². The predicted octanol–water partition coefficient (Wildman–Crippen LogP) is 1.60. The van der Waals surface area contributed by atoms with Gasteiger partial charge in [-0.25, -0.2) is 4.98 Å². The zero-order valence-electron chi connectivity index (χ0n) is 8.88. The molecule has 0 aromatic carbocycles. The standard InChI is InChI=1S/C11H14N4/c1-8-3-4-13-5-10(8)15-7-14-6-11(15)9(2)12/h3-7,9H,12H2,1-2H3/t9-/m1/s1. The summed E-state index contributed by atoms with van der Waals surface area (Å²) in [7, 11) is 0. The van der Waals surface area contributed by atoms with Crippen molar-refractivity contribution in [1.82, 2.24) is 14.5 Å². The van der Waals surface area contributed by atoms with E-state index in [1.54, 1.807) is 18.7 Å². The Kier molecular flexibility index (Phi) is 2.51. The maximum atomic E-state index is 5.87. The van der Waals surface area contributed by atoms with Gasteiger partial charge in [0.05, 0.1) is 30.1 Å². The third kappa shape index (κ3) is 1.76. The maximum absolute atomic E-state index is 5.87. The number of nitrogens with zero attached hydrogens (tertiary/aromatic N) is 3. The van der Waals surface area contributed by atoms with Crippen molar-refractivity contribution >= 4 is 0 Å². The number of hydrogen-bond acceptors (Lipinski definition) is 3. The summed E-state index contributed by atoms with van der Waals surface area (Å²) in [6, 6.07) is 1.94. The minimum atomic E-state index is -0.0351. The zero-order valence-corrected chi connectivity index (χ0v) is 8.88. The summed E-state index contributed by atoms with van der Waals surface area (Å²) < 4.78 is 1.98. The Morgan fingerprint density at radius 3 is 2.80 bits per heavy atom. The molecule has 0 bridgehead atoms. The number of imidazole rings is 1. The number of rotatable bonds is 2. The van der Waals surface area contributed by atoms with Gasteiger partial charge in [-0.2, -0.15) is 0 Å². The molecule has 2 heterocycles. The molecule has 78 valence electrons. The van der Waals surface area contributed by atoms with Gasteiger partial charge < -0.3 is 5.73 Å². The van der Waals surface area contributed by atoms with Crippen molar-refractivity contribution < 1.29 is 0 Å². The summed E-state index contributed by atoms with van der Waals surface area (Å²) in [6.45, 7) is 3.99. The zero-order chi connectivity index (χ0) is 10.8. The molecule has 0 fully saturated rings. The van der Waals surface area contributed by atoms with Crippen molar-refractivity contribution in [3.63, 3.8) is 0 Å². The van der Waals surface area contributed by atoms with E-state index in [1.165, 1.54) is 0 Å². The Bertz CT molecular complexity index is 459. The molecule has 0 saturated carbocycles. The molecule has 4 nitrogen and oxygen atoms in total. The van der Waals surface area contributed by atoms with Gasteiger partial charge in [0, 0.05) is 12.2 Å². The molecule has 0 aliphatic heterocycles. The summed E-state index contributed by atoms with van der Waals surface area (Å²) in [4.78, 5) is 8.23. The average molecular weight is 202 g/mol. The molecule has 1 atom stereocenters. The van der Waals surface area contributed by atoms with Gasteiger partial charge in [-0.3, -0.25) is 9.55 Å². The Hall–Kier alpha value is -1.68. The van der Waals surface area contributed by atoms with Gasteiger partial charge in [0.15, 0.2) is 0 Å². The van der Waals surface area contributed by atoms with Crippen LogP contribution in [0.2, 0.25) is 0 Å². The molecule has 0 amide bonds. The minimum Gasteiger partial charge on any atom is -0.323 e. The maximum Gasteiger partial charge on any atom is 0.0995 e. The monoisotopic (exact) mass is 202 g/mol. The summed E-state index contributed by atoms with van der Waals surface area (Å²) in [5.74, 6) is 0. The van der Waals surface area contributed by atoms with Gasteiger partial charge in [-0.05, 0) is 25.5 Å². The van der Waals surface area contributed by atoms with E-state index < -0.39 is 0 Å². The molecule has 2 aromatic heterocycles. The summed E-state index contributed by atoms with van der Waals surface area (Å²) in [5, 5.41) is 0. The SMILES string of the molecule is Cc1ccncc1-n1cncc1[C@@H](C)N. The van der Waals surface area contributed by atoms with Crippen LogP contribution in [-0.4, -0.2) is 14.5 Å². The molecule has 4 heteroatoms. The van der Waals surface area contributed by atoms with Crippen molar-refractivity contribution in [2.45, 2.75) is 19.9 Å². The fraction of sp³-hybridized carbons (Fsp3) is 0.273. The molecule has 0 spiro atoms. The lowest BCUT2D eigenvalue weighted by Gasteiger charge is -2.12. The molecule has 2 aromatic rings. The second-order valence-electron chi connectivity index (χ2n) is 3.64. The van der Waals surface area contributed by atoms with Gasteiger partial charge in [-0.1, -0.05) is 0 Å². The number of pyridine rings is 1. The third-order valence-corrected chi connectivity index (χ3v) is 2.40. The van der Waals surface area contributed by atoms with Gasteiger partial charge in [0.2, 0.25) is 0 Å². The van der Waals surface area contributed by atoms with E-state index in [9.17, 15) is 0 Å². The Morgan fingerprint density at radius 1 is 1.33 bits per heavy atom. The second-order valence-corrected chi connectivity index (χ2v) is 3.64. The summed E-state index contributed by atoms with van der Waals surface area (Å²) >= 11 is 0. The van der Waals surface area contributed by atoms with Crippen LogP contribution in [-0.2, 0) is 0 Å². The van der Waals surface area contributed by atoms with Crippen LogP contribution < -0.4 is 5.73 Å². The van der Waals surface area contributed by atoms with E-state index in [0.717, 1.165) is 16.9 Å². The van der Waals surface area contributed by atoms with Crippen LogP contribution in [0, 0.1) is 6.92 Å². The van der Waals surface area contributed by atoms with Crippen LogP contribution in [0.4, 0.5) is 0 Å². The normalized spacial score (nSPS) is 12.7. The van der Waals surface area contributed by atoms with Crippen molar-refractivity contribution in [2.24, 2.45) is 5.73 Å². The largest absolute Gasteiger partial charge is 0.323 e. The highest BCUT2D eigenvalue weighted by Gasteiger charge is 2.09. The summed E-state index contributed by atoms with van der Waals surface area (Å²) in [5.41, 5.74) is 9.04. The van der Waals surface area contributed by atoms with Crippen molar-refractivity contribution in [2.75, 3.05) is 0 Å². The molecule has 2 rings (SSSR count). The molecule has 0 aliphatic carbocycles. The van der Waals surface area contributed by atoms with Crippen LogP contribution >= 0.6 is 0 Å². The molecular formula is C11H14N4. The van der Waals surface area contributed by atoms with E-state index in [0.29, 0.717) is 0 Å². The number of aryl methyl sites for hydroxylation is 1.